The van der Waals surface area contributed by atoms with Crippen molar-refractivity contribution in [1.29, 1.82) is 5.26 Å². The Labute approximate surface area is 227 Å². The number of esters is 1. The van der Waals surface area contributed by atoms with Crippen LogP contribution in [-0.4, -0.2) is 64.0 Å². The molecular weight excluding hydrogens is 527 g/mol. The van der Waals surface area contributed by atoms with Gasteiger partial charge in [0.2, 0.25) is 11.9 Å². The third-order valence-electron chi connectivity index (χ3n) is 5.15. The molecule has 3 aromatic rings. The molecule has 2 heterocycles. The third-order valence-corrected chi connectivity index (χ3v) is 6.21. The second kappa shape index (κ2) is 14.5. The van der Waals surface area contributed by atoms with Crippen molar-refractivity contribution in [3.05, 3.63) is 52.6 Å². The molecule has 0 aliphatic heterocycles. The Bertz CT molecular complexity index is 1380. The molecule has 0 aliphatic carbocycles. The number of aromatic nitrogens is 4. The summed E-state index contributed by atoms with van der Waals surface area (Å²) in [6.45, 7) is 4.80. The monoisotopic (exact) mass is 559 g/mol. The molecule has 1 amide bonds. The number of fused-ring (bicyclic) bond motifs is 1. The number of carbonyl (C=O) groups is 2. The number of H-pyrrole nitrogens is 1. The first kappa shape index (κ1) is 28.3. The van der Waals surface area contributed by atoms with E-state index in [1.165, 1.54) is 10.9 Å². The molecule has 39 heavy (non-hydrogen) atoms. The van der Waals surface area contributed by atoms with Crippen molar-refractivity contribution in [2.24, 2.45) is 5.92 Å². The fraction of sp³-hybridized carbons (Fsp3) is 0.440. The topological polar surface area (TPSA) is 170 Å². The number of nitrogens with one attached hydrogen (secondary N) is 2. The van der Waals surface area contributed by atoms with E-state index < -0.39 is 32.2 Å². The Kier molecular flexibility index (Phi) is 10.5. The van der Waals surface area contributed by atoms with Crippen molar-refractivity contribution in [3.8, 4) is 6.07 Å². The van der Waals surface area contributed by atoms with Crippen LogP contribution in [0, 0.1) is 17.2 Å². The van der Waals surface area contributed by atoms with Gasteiger partial charge in [0.25, 0.3) is 5.56 Å². The molecule has 2 N–H and O–H groups in total. The fourth-order valence-electron chi connectivity index (χ4n) is 3.15. The van der Waals surface area contributed by atoms with Crippen LogP contribution >= 0.6 is 8.38 Å². The molecule has 0 bridgehead atoms. The number of benzene rings is 1. The minimum atomic E-state index is -1.32. The minimum absolute atomic E-state index is 0.0161. The average molecular weight is 560 g/mol. The lowest BCUT2D eigenvalue weighted by atomic mass is 10.2. The van der Waals surface area contributed by atoms with Crippen LogP contribution in [0.4, 0.5) is 5.95 Å². The van der Waals surface area contributed by atoms with Crippen molar-refractivity contribution in [2.45, 2.75) is 39.5 Å². The summed E-state index contributed by atoms with van der Waals surface area (Å²) in [5.41, 5.74) is -0.205. The number of imidazole rings is 1. The molecule has 13 nitrogen and oxygen atoms in total. The van der Waals surface area contributed by atoms with Crippen LogP contribution in [0.15, 0.2) is 41.5 Å². The number of nitriles is 1. The van der Waals surface area contributed by atoms with Crippen molar-refractivity contribution in [1.82, 2.24) is 19.5 Å². The molecule has 0 radical (unpaired) electrons. The zero-order chi connectivity index (χ0) is 29.1. The summed E-state index contributed by atoms with van der Waals surface area (Å²) in [5, 5.41) is 11.2. The van der Waals surface area contributed by atoms with Gasteiger partial charge in [-0.25, -0.2) is 9.78 Å². The SMILES string of the molecule is [2H]C[C@H](COP(C)OCCC#N)O[C@H](COC(=O)c1ccccc1)n1cnc2c(=O)[nH]c(NC(=O)C(C)C)nc21. The second-order valence-electron chi connectivity index (χ2n) is 8.54. The molecule has 0 saturated heterocycles. The first-order chi connectivity index (χ1) is 19.2. The number of anilines is 1. The summed E-state index contributed by atoms with van der Waals surface area (Å²) in [6.07, 6.45) is -0.309. The first-order valence-electron chi connectivity index (χ1n) is 12.7. The second-order valence-corrected chi connectivity index (χ2v) is 9.93. The maximum atomic E-state index is 12.7. The molecule has 0 aliphatic rings. The van der Waals surface area contributed by atoms with Gasteiger partial charge in [-0.15, -0.1) is 0 Å². The minimum Gasteiger partial charge on any atom is -0.457 e. The van der Waals surface area contributed by atoms with E-state index in [9.17, 15) is 14.4 Å². The highest BCUT2D eigenvalue weighted by Gasteiger charge is 2.24. The number of hydrogen-bond donors (Lipinski definition) is 2. The Balaban J connectivity index is 1.86. The van der Waals surface area contributed by atoms with Crippen molar-refractivity contribution < 1.29 is 29.5 Å². The van der Waals surface area contributed by atoms with Gasteiger partial charge in [-0.1, -0.05) is 32.0 Å². The van der Waals surface area contributed by atoms with E-state index in [2.05, 4.69) is 20.3 Å². The van der Waals surface area contributed by atoms with E-state index >= 15 is 0 Å². The highest BCUT2D eigenvalue weighted by Crippen LogP contribution is 2.34. The first-order valence-corrected chi connectivity index (χ1v) is 13.7. The van der Waals surface area contributed by atoms with Crippen molar-refractivity contribution in [3.63, 3.8) is 0 Å². The number of aromatic amines is 1. The number of hydrogen-bond acceptors (Lipinski definition) is 10. The zero-order valence-corrected chi connectivity index (χ0v) is 22.7. The smallest absolute Gasteiger partial charge is 0.338 e. The highest BCUT2D eigenvalue weighted by molar-refractivity contribution is 7.46. The predicted octanol–water partition coefficient (Wildman–Crippen LogP) is 3.36. The van der Waals surface area contributed by atoms with E-state index in [-0.39, 0.29) is 62.1 Å². The quantitative estimate of drug-likeness (QED) is 0.170. The Morgan fingerprint density at radius 1 is 1.26 bits per heavy atom. The summed E-state index contributed by atoms with van der Waals surface area (Å²) < 4.78 is 32.1. The molecule has 1 aromatic carbocycles. The normalized spacial score (nSPS) is 13.9. The highest BCUT2D eigenvalue weighted by atomic mass is 31.2. The van der Waals surface area contributed by atoms with Gasteiger partial charge >= 0.3 is 5.97 Å². The molecule has 1 unspecified atom stereocenters. The fourth-order valence-corrected chi connectivity index (χ4v) is 3.95. The summed E-state index contributed by atoms with van der Waals surface area (Å²) >= 11 is 0. The summed E-state index contributed by atoms with van der Waals surface area (Å²) in [7, 11) is -1.32. The zero-order valence-electron chi connectivity index (χ0n) is 22.8. The van der Waals surface area contributed by atoms with Crippen LogP contribution < -0.4 is 10.9 Å². The Morgan fingerprint density at radius 2 is 2.03 bits per heavy atom. The number of ether oxygens (including phenoxy) is 2. The molecule has 0 fully saturated rings. The van der Waals surface area contributed by atoms with Crippen LogP contribution in [0.25, 0.3) is 11.2 Å². The van der Waals surface area contributed by atoms with E-state index in [0.717, 1.165) is 0 Å². The summed E-state index contributed by atoms with van der Waals surface area (Å²) in [5.74, 6) is -1.39. The Hall–Kier alpha value is -3.69. The van der Waals surface area contributed by atoms with Crippen LogP contribution in [0.3, 0.4) is 0 Å². The summed E-state index contributed by atoms with van der Waals surface area (Å²) in [4.78, 5) is 48.5. The lowest BCUT2D eigenvalue weighted by molar-refractivity contribution is -0.118. The maximum absolute atomic E-state index is 12.7. The molecule has 3 rings (SSSR count). The molecular formula is C25H31N6O7P. The average Bonchev–Trinajstić information content (AvgIpc) is 3.37. The molecule has 14 heteroatoms. The van der Waals surface area contributed by atoms with E-state index in [0.29, 0.717) is 5.56 Å². The van der Waals surface area contributed by atoms with Gasteiger partial charge in [0.05, 0.1) is 43.7 Å². The lowest BCUT2D eigenvalue weighted by Gasteiger charge is -2.24. The van der Waals surface area contributed by atoms with E-state index in [1.807, 2.05) is 6.07 Å². The number of amides is 1. The van der Waals surface area contributed by atoms with Crippen molar-refractivity contribution >= 4 is 37.4 Å². The van der Waals surface area contributed by atoms with Gasteiger partial charge < -0.3 is 18.5 Å². The predicted molar refractivity (Wildman–Crippen MR) is 143 cm³/mol. The van der Waals surface area contributed by atoms with Gasteiger partial charge in [0, 0.05) is 14.0 Å². The van der Waals surface area contributed by atoms with Gasteiger partial charge in [-0.2, -0.15) is 10.2 Å². The van der Waals surface area contributed by atoms with Crippen LogP contribution in [0.1, 0.15) is 45.1 Å². The molecule has 2 aromatic heterocycles. The molecule has 208 valence electrons. The Morgan fingerprint density at radius 3 is 2.72 bits per heavy atom. The molecule has 3 atom stereocenters. The third kappa shape index (κ3) is 8.66. The molecule has 0 spiro atoms. The van der Waals surface area contributed by atoms with Gasteiger partial charge in [-0.3, -0.25) is 24.5 Å². The number of nitrogens with zero attached hydrogens (tertiary/aromatic N) is 4. The van der Waals surface area contributed by atoms with Crippen LogP contribution in [-0.2, 0) is 23.3 Å². The van der Waals surface area contributed by atoms with Gasteiger partial charge in [0.1, 0.15) is 6.61 Å². The van der Waals surface area contributed by atoms with Gasteiger partial charge in [0.15, 0.2) is 25.8 Å². The maximum Gasteiger partial charge on any atom is 0.338 e. The van der Waals surface area contributed by atoms with Crippen LogP contribution in [0.2, 0.25) is 0 Å². The molecule has 0 saturated carbocycles. The van der Waals surface area contributed by atoms with Crippen molar-refractivity contribution in [2.75, 3.05) is 31.8 Å². The van der Waals surface area contributed by atoms with Crippen LogP contribution in [0.5, 0.6) is 0 Å². The largest absolute Gasteiger partial charge is 0.457 e. The summed E-state index contributed by atoms with van der Waals surface area (Å²) in [6, 6.07) is 10.4. The number of carbonyl (C=O) groups excluding carboxylic acids is 2. The van der Waals surface area contributed by atoms with E-state index in [1.54, 1.807) is 50.8 Å². The lowest BCUT2D eigenvalue weighted by Crippen LogP contribution is -2.27. The standard InChI is InChI=1S/C25H31N6O7P/c1-16(2)22(32)29-25-28-21-20(23(33)30-25)27-15-31(21)19(14-35-24(34)18-9-6-5-7-10-18)38-17(3)13-37-39(4)36-12-8-11-26/h5-7,9-10,15-17,19H,8,12-14H2,1-4H3,(H2,28,29,30,32,33)/t17-,19-,39?/m1/s1/i3D. The van der Waals surface area contributed by atoms with E-state index in [4.69, 9.17) is 25.2 Å². The van der Waals surface area contributed by atoms with Gasteiger partial charge in [-0.05, 0) is 19.0 Å². The number of rotatable bonds is 14.